The summed E-state index contributed by atoms with van der Waals surface area (Å²) in [6, 6.07) is 0.543. The van der Waals surface area contributed by atoms with Gasteiger partial charge in [-0.2, -0.15) is 0 Å². The molecule has 0 amide bonds. The van der Waals surface area contributed by atoms with Crippen LogP contribution in [0.1, 0.15) is 19.3 Å². The minimum atomic E-state index is -0.198. The number of hydrogen-bond acceptors (Lipinski definition) is 2. The number of methoxy groups -OCH3 is 1. The van der Waals surface area contributed by atoms with Gasteiger partial charge in [-0.1, -0.05) is 0 Å². The molecule has 1 unspecified atom stereocenters. The summed E-state index contributed by atoms with van der Waals surface area (Å²) in [5.41, 5.74) is 0. The molecular formula is C9H18FNO. The lowest BCUT2D eigenvalue weighted by atomic mass is 10.2. The molecule has 1 heterocycles. The highest BCUT2D eigenvalue weighted by molar-refractivity contribution is 4.78. The quantitative estimate of drug-likeness (QED) is 0.627. The molecule has 1 fully saturated rings. The average molecular weight is 175 g/mol. The Morgan fingerprint density at radius 3 is 3.08 bits per heavy atom. The van der Waals surface area contributed by atoms with Crippen LogP contribution in [0.15, 0.2) is 0 Å². The zero-order valence-electron chi connectivity index (χ0n) is 7.76. The van der Waals surface area contributed by atoms with E-state index in [0.717, 1.165) is 19.7 Å². The van der Waals surface area contributed by atoms with Crippen molar-refractivity contribution in [3.8, 4) is 0 Å². The average Bonchev–Trinajstić information content (AvgIpc) is 2.50. The molecule has 0 bridgehead atoms. The van der Waals surface area contributed by atoms with Gasteiger partial charge in [0, 0.05) is 19.7 Å². The lowest BCUT2D eigenvalue weighted by Crippen LogP contribution is -2.33. The maximum atomic E-state index is 11.9. The number of ether oxygens (including phenoxy) is 1. The van der Waals surface area contributed by atoms with Crippen LogP contribution in [-0.2, 0) is 4.74 Å². The number of nitrogens with zero attached hydrogens (tertiary/aromatic N) is 1. The van der Waals surface area contributed by atoms with Crippen LogP contribution in [0.25, 0.3) is 0 Å². The van der Waals surface area contributed by atoms with E-state index in [1.165, 1.54) is 12.8 Å². The molecule has 1 rings (SSSR count). The molecule has 1 saturated heterocycles. The Hall–Kier alpha value is -0.150. The number of alkyl halides is 1. The van der Waals surface area contributed by atoms with Crippen molar-refractivity contribution in [1.82, 2.24) is 4.90 Å². The van der Waals surface area contributed by atoms with E-state index in [1.807, 2.05) is 0 Å². The lowest BCUT2D eigenvalue weighted by molar-refractivity contribution is 0.113. The Balaban J connectivity index is 2.20. The van der Waals surface area contributed by atoms with Crippen LogP contribution < -0.4 is 0 Å². The van der Waals surface area contributed by atoms with Crippen LogP contribution >= 0.6 is 0 Å². The second kappa shape index (κ2) is 5.49. The van der Waals surface area contributed by atoms with Crippen LogP contribution in [0.5, 0.6) is 0 Å². The molecule has 3 heteroatoms. The fraction of sp³-hybridized carbons (Fsp3) is 1.00. The molecule has 2 nitrogen and oxygen atoms in total. The maximum Gasteiger partial charge on any atom is 0.0906 e. The third-order valence-corrected chi connectivity index (χ3v) is 2.44. The van der Waals surface area contributed by atoms with E-state index in [9.17, 15) is 4.39 Å². The molecule has 0 spiro atoms. The van der Waals surface area contributed by atoms with Gasteiger partial charge < -0.3 is 4.74 Å². The molecule has 72 valence electrons. The molecule has 0 aromatic rings. The second-order valence-electron chi connectivity index (χ2n) is 3.33. The van der Waals surface area contributed by atoms with E-state index >= 15 is 0 Å². The molecular weight excluding hydrogens is 157 g/mol. The molecule has 1 atom stereocenters. The standard InChI is InChI=1S/C9H18FNO/c1-12-8-9-4-2-6-11(9)7-3-5-10/h9H,2-8H2,1H3. The normalized spacial score (nSPS) is 25.0. The van der Waals surface area contributed by atoms with E-state index < -0.39 is 0 Å². The molecule has 0 aliphatic carbocycles. The highest BCUT2D eigenvalue weighted by Crippen LogP contribution is 2.17. The van der Waals surface area contributed by atoms with Crippen LogP contribution in [0.4, 0.5) is 4.39 Å². The van der Waals surface area contributed by atoms with Crippen LogP contribution in [0, 0.1) is 0 Å². The summed E-state index contributed by atoms with van der Waals surface area (Å²) in [6.07, 6.45) is 3.11. The number of rotatable bonds is 5. The minimum absolute atomic E-state index is 0.198. The van der Waals surface area contributed by atoms with E-state index in [4.69, 9.17) is 4.74 Å². The number of likely N-dealkylation sites (tertiary alicyclic amines) is 1. The smallest absolute Gasteiger partial charge is 0.0906 e. The fourth-order valence-electron chi connectivity index (χ4n) is 1.83. The monoisotopic (exact) mass is 175 g/mol. The van der Waals surface area contributed by atoms with Gasteiger partial charge in [-0.15, -0.1) is 0 Å². The SMILES string of the molecule is COCC1CCCN1CCCF. The Bertz CT molecular complexity index is 121. The zero-order chi connectivity index (χ0) is 8.81. The highest BCUT2D eigenvalue weighted by Gasteiger charge is 2.23. The van der Waals surface area contributed by atoms with E-state index in [0.29, 0.717) is 12.5 Å². The van der Waals surface area contributed by atoms with Gasteiger partial charge in [-0.05, 0) is 25.8 Å². The predicted molar refractivity (Wildman–Crippen MR) is 47.1 cm³/mol. The van der Waals surface area contributed by atoms with Crippen molar-refractivity contribution in [1.29, 1.82) is 0 Å². The molecule has 0 saturated carbocycles. The third kappa shape index (κ3) is 2.72. The highest BCUT2D eigenvalue weighted by atomic mass is 19.1. The molecule has 0 aromatic heterocycles. The minimum Gasteiger partial charge on any atom is -0.383 e. The van der Waals surface area contributed by atoms with Crippen LogP contribution in [0.2, 0.25) is 0 Å². The molecule has 1 aliphatic rings. The maximum absolute atomic E-state index is 11.9. The Kier molecular flexibility index (Phi) is 4.54. The first-order valence-corrected chi connectivity index (χ1v) is 4.67. The van der Waals surface area contributed by atoms with Crippen molar-refractivity contribution in [3.05, 3.63) is 0 Å². The van der Waals surface area contributed by atoms with Crippen molar-refractivity contribution in [2.75, 3.05) is 33.5 Å². The fourth-order valence-corrected chi connectivity index (χ4v) is 1.83. The molecule has 12 heavy (non-hydrogen) atoms. The Morgan fingerprint density at radius 1 is 1.58 bits per heavy atom. The van der Waals surface area contributed by atoms with Crippen molar-refractivity contribution in [2.24, 2.45) is 0 Å². The summed E-state index contributed by atoms with van der Waals surface area (Å²) in [4.78, 5) is 2.34. The van der Waals surface area contributed by atoms with Crippen LogP contribution in [-0.4, -0.2) is 44.4 Å². The van der Waals surface area contributed by atoms with Gasteiger partial charge >= 0.3 is 0 Å². The summed E-state index contributed by atoms with van der Waals surface area (Å²) in [5, 5.41) is 0. The second-order valence-corrected chi connectivity index (χ2v) is 3.33. The Labute approximate surface area is 73.7 Å². The molecule has 0 N–H and O–H groups in total. The van der Waals surface area contributed by atoms with Crippen molar-refractivity contribution in [2.45, 2.75) is 25.3 Å². The first-order chi connectivity index (χ1) is 5.88. The predicted octanol–water partition coefficient (Wildman–Crippen LogP) is 1.46. The van der Waals surface area contributed by atoms with Gasteiger partial charge in [0.1, 0.15) is 0 Å². The number of halogens is 1. The molecule has 0 aromatic carbocycles. The summed E-state index contributed by atoms with van der Waals surface area (Å²) >= 11 is 0. The van der Waals surface area contributed by atoms with Gasteiger partial charge in [0.15, 0.2) is 0 Å². The number of hydrogen-bond donors (Lipinski definition) is 0. The van der Waals surface area contributed by atoms with Gasteiger partial charge in [-0.3, -0.25) is 9.29 Å². The van der Waals surface area contributed by atoms with Gasteiger partial charge in [0.05, 0.1) is 13.3 Å². The van der Waals surface area contributed by atoms with Crippen LogP contribution in [0.3, 0.4) is 0 Å². The largest absolute Gasteiger partial charge is 0.383 e. The summed E-state index contributed by atoms with van der Waals surface area (Å²) in [6.45, 7) is 2.61. The zero-order valence-corrected chi connectivity index (χ0v) is 7.76. The first kappa shape index (κ1) is 9.93. The third-order valence-electron chi connectivity index (χ3n) is 2.44. The first-order valence-electron chi connectivity index (χ1n) is 4.67. The van der Waals surface area contributed by atoms with Gasteiger partial charge in [0.2, 0.25) is 0 Å². The summed E-state index contributed by atoms with van der Waals surface area (Å²) in [7, 11) is 1.73. The molecule has 0 radical (unpaired) electrons. The Morgan fingerprint density at radius 2 is 2.42 bits per heavy atom. The van der Waals surface area contributed by atoms with Gasteiger partial charge in [0.25, 0.3) is 0 Å². The summed E-state index contributed by atoms with van der Waals surface area (Å²) in [5.74, 6) is 0. The summed E-state index contributed by atoms with van der Waals surface area (Å²) < 4.78 is 17.0. The van der Waals surface area contributed by atoms with E-state index in [1.54, 1.807) is 7.11 Å². The van der Waals surface area contributed by atoms with Crippen molar-refractivity contribution >= 4 is 0 Å². The van der Waals surface area contributed by atoms with Crippen molar-refractivity contribution < 1.29 is 9.13 Å². The topological polar surface area (TPSA) is 12.5 Å². The van der Waals surface area contributed by atoms with Crippen molar-refractivity contribution in [3.63, 3.8) is 0 Å². The van der Waals surface area contributed by atoms with E-state index in [2.05, 4.69) is 4.90 Å². The van der Waals surface area contributed by atoms with E-state index in [-0.39, 0.29) is 6.67 Å². The van der Waals surface area contributed by atoms with Gasteiger partial charge in [-0.25, -0.2) is 0 Å². The molecule has 1 aliphatic heterocycles. The lowest BCUT2D eigenvalue weighted by Gasteiger charge is -2.22.